The highest BCUT2D eigenvalue weighted by molar-refractivity contribution is 7.92. The third-order valence-corrected chi connectivity index (χ3v) is 15.5. The number of aliphatic hydroxyl groups is 2. The molecule has 3 aromatic rings. The summed E-state index contributed by atoms with van der Waals surface area (Å²) in [5.74, 6) is -0.0707. The van der Waals surface area contributed by atoms with Crippen LogP contribution < -0.4 is 10.4 Å². The van der Waals surface area contributed by atoms with Crippen molar-refractivity contribution in [3.05, 3.63) is 107 Å². The number of rotatable bonds is 12. The average molecular weight is 621 g/mol. The zero-order valence-corrected chi connectivity index (χ0v) is 27.3. The minimum atomic E-state index is -3.71. The van der Waals surface area contributed by atoms with E-state index in [0.717, 1.165) is 15.9 Å². The Kier molecular flexibility index (Phi) is 10.5. The zero-order valence-electron chi connectivity index (χ0n) is 25.5. The highest BCUT2D eigenvalue weighted by Gasteiger charge is 2.51. The maximum Gasteiger partial charge on any atom is 0.261 e. The van der Waals surface area contributed by atoms with Crippen LogP contribution in [0, 0.1) is 0 Å². The van der Waals surface area contributed by atoms with Crippen molar-refractivity contribution in [2.75, 3.05) is 19.0 Å². The molecule has 0 saturated heterocycles. The van der Waals surface area contributed by atoms with Gasteiger partial charge in [0, 0.05) is 5.56 Å². The van der Waals surface area contributed by atoms with Crippen LogP contribution in [0.15, 0.2) is 102 Å². The van der Waals surface area contributed by atoms with Crippen molar-refractivity contribution < 1.29 is 28.2 Å². The lowest BCUT2D eigenvalue weighted by Gasteiger charge is -2.43. The molecule has 1 heterocycles. The van der Waals surface area contributed by atoms with Crippen LogP contribution in [0.1, 0.15) is 52.5 Å². The Balaban J connectivity index is 1.70. The molecule has 0 fully saturated rings. The second-order valence-electron chi connectivity index (χ2n) is 12.3. The normalized spacial score (nSPS) is 18.2. The van der Waals surface area contributed by atoms with Gasteiger partial charge in [-0.3, -0.25) is 0 Å². The Morgan fingerprint density at radius 2 is 1.53 bits per heavy atom. The Labute approximate surface area is 257 Å². The molecule has 3 N–H and O–H groups in total. The van der Waals surface area contributed by atoms with Crippen LogP contribution in [0.2, 0.25) is 5.04 Å². The molecule has 2 atom stereocenters. The van der Waals surface area contributed by atoms with Crippen molar-refractivity contribution in [3.8, 4) is 5.75 Å². The summed E-state index contributed by atoms with van der Waals surface area (Å²) in [5.41, 5.74) is 2.61. The fourth-order valence-corrected chi connectivity index (χ4v) is 12.7. The van der Waals surface area contributed by atoms with Crippen LogP contribution >= 0.6 is 0 Å². The fraction of sp³-hybridized carbons (Fsp3) is 0.371. The lowest BCUT2D eigenvalue weighted by molar-refractivity contribution is 0.186. The van der Waals surface area contributed by atoms with Crippen LogP contribution in [0.3, 0.4) is 0 Å². The molecule has 0 aliphatic carbocycles. The molecule has 0 aromatic heterocycles. The Bertz CT molecular complexity index is 1500. The predicted octanol–water partition coefficient (Wildman–Crippen LogP) is 4.99. The Hall–Kier alpha value is -3.01. The van der Waals surface area contributed by atoms with Crippen molar-refractivity contribution in [1.82, 2.24) is 0 Å². The van der Waals surface area contributed by atoms with Crippen LogP contribution in [0.5, 0.6) is 5.75 Å². The van der Waals surface area contributed by atoms with Gasteiger partial charge in [-0.05, 0) is 51.9 Å². The van der Waals surface area contributed by atoms with Gasteiger partial charge >= 0.3 is 0 Å². The highest BCUT2D eigenvalue weighted by Crippen LogP contribution is 2.39. The van der Waals surface area contributed by atoms with Gasteiger partial charge in [0.15, 0.2) is 9.84 Å². The molecular formula is C35H44O6SSi. The number of sulfone groups is 1. The van der Waals surface area contributed by atoms with E-state index in [1.807, 2.05) is 61.5 Å². The Morgan fingerprint density at radius 1 is 0.977 bits per heavy atom. The summed E-state index contributed by atoms with van der Waals surface area (Å²) in [5, 5.41) is 32.6. The largest absolute Gasteiger partial charge is 0.507 e. The van der Waals surface area contributed by atoms with Crippen LogP contribution in [-0.4, -0.2) is 62.4 Å². The highest BCUT2D eigenvalue weighted by atomic mass is 32.2. The average Bonchev–Trinajstić information content (AvgIpc) is 3.25. The summed E-state index contributed by atoms with van der Waals surface area (Å²) in [4.78, 5) is 0. The molecule has 1 aliphatic heterocycles. The molecule has 4 rings (SSSR count). The first-order chi connectivity index (χ1) is 20.4. The second-order valence-corrected chi connectivity index (χ2v) is 18.7. The predicted molar refractivity (Wildman–Crippen MR) is 177 cm³/mol. The molecule has 6 nitrogen and oxygen atoms in total. The molecule has 0 radical (unpaired) electrons. The number of allylic oxidation sites excluding steroid dienone is 1. The summed E-state index contributed by atoms with van der Waals surface area (Å²) in [6.45, 7) is 7.95. The monoisotopic (exact) mass is 620 g/mol. The number of benzene rings is 3. The maximum absolute atomic E-state index is 13.3. The number of hydrogen-bond donors (Lipinski definition) is 3. The molecule has 1 aliphatic rings. The molecule has 0 spiro atoms. The second kappa shape index (κ2) is 13.7. The van der Waals surface area contributed by atoms with Gasteiger partial charge in [0.05, 0.1) is 25.1 Å². The molecule has 0 bridgehead atoms. The number of aromatic hydroxyl groups is 1. The fourth-order valence-electron chi connectivity index (χ4n) is 6.25. The molecule has 8 heteroatoms. The van der Waals surface area contributed by atoms with E-state index in [9.17, 15) is 23.7 Å². The van der Waals surface area contributed by atoms with E-state index < -0.39 is 36.1 Å². The summed E-state index contributed by atoms with van der Waals surface area (Å²) in [6.07, 6.45) is 2.37. The first kappa shape index (κ1) is 32.9. The van der Waals surface area contributed by atoms with Crippen molar-refractivity contribution in [3.63, 3.8) is 0 Å². The van der Waals surface area contributed by atoms with E-state index >= 15 is 0 Å². The zero-order chi connectivity index (χ0) is 31.3. The molecule has 43 heavy (non-hydrogen) atoms. The van der Waals surface area contributed by atoms with Gasteiger partial charge in [-0.15, -0.1) is 0 Å². The number of hydrogen-bond acceptors (Lipinski definition) is 6. The van der Waals surface area contributed by atoms with E-state index in [1.54, 1.807) is 12.1 Å². The molecule has 3 aromatic carbocycles. The number of phenolic OH excluding ortho intramolecular Hbond substituents is 1. The lowest BCUT2D eigenvalue weighted by Crippen LogP contribution is -2.66. The SMILES string of the molecule is CC/C(=C\c1ccccc1O)CC[C@@H](O)C1=C(CO[Si](c2ccccc2)(c2ccccc2)C(C)(C)C)CS(=O)(=O)[C@H]1CO. The van der Waals surface area contributed by atoms with E-state index in [-0.39, 0.29) is 29.6 Å². The minimum Gasteiger partial charge on any atom is -0.507 e. The topological polar surface area (TPSA) is 104 Å². The van der Waals surface area contributed by atoms with Gasteiger partial charge in [-0.2, -0.15) is 0 Å². The molecule has 0 amide bonds. The Morgan fingerprint density at radius 3 is 2.05 bits per heavy atom. The van der Waals surface area contributed by atoms with E-state index in [1.165, 1.54) is 0 Å². The molecule has 0 unspecified atom stereocenters. The number of para-hydroxylation sites is 1. The standard InChI is InChI=1S/C35H44O6SSi/c1-5-26(22-27-14-12-13-19-31(27)37)20-21-32(38)34-28(25-42(39,40)33(34)23-36)24-41-43(35(2,3)4,29-15-8-6-9-16-29)30-17-10-7-11-18-30/h6-19,22,32-33,36-38H,5,20-21,23-25H2,1-4H3/b26-22+/t32-,33+/m1/s1. The summed E-state index contributed by atoms with van der Waals surface area (Å²) < 4.78 is 33.6. The number of aliphatic hydroxyl groups excluding tert-OH is 2. The summed E-state index contributed by atoms with van der Waals surface area (Å²) in [6, 6.07) is 27.4. The number of phenols is 1. The van der Waals surface area contributed by atoms with Crippen molar-refractivity contribution >= 4 is 34.6 Å². The van der Waals surface area contributed by atoms with Gasteiger partial charge in [0.25, 0.3) is 8.32 Å². The van der Waals surface area contributed by atoms with E-state index in [0.29, 0.717) is 29.6 Å². The summed E-state index contributed by atoms with van der Waals surface area (Å²) >= 11 is 0. The summed E-state index contributed by atoms with van der Waals surface area (Å²) in [7, 11) is -6.66. The first-order valence-electron chi connectivity index (χ1n) is 14.9. The van der Waals surface area contributed by atoms with Gasteiger partial charge in [-0.25, -0.2) is 8.42 Å². The molecule has 0 saturated carbocycles. The van der Waals surface area contributed by atoms with E-state index in [4.69, 9.17) is 4.43 Å². The maximum atomic E-state index is 13.3. The molecular weight excluding hydrogens is 577 g/mol. The van der Waals surface area contributed by atoms with Crippen molar-refractivity contribution in [2.24, 2.45) is 0 Å². The van der Waals surface area contributed by atoms with Gasteiger partial charge < -0.3 is 19.7 Å². The smallest absolute Gasteiger partial charge is 0.261 e. The van der Waals surface area contributed by atoms with Crippen LogP contribution in [0.25, 0.3) is 6.08 Å². The lowest BCUT2D eigenvalue weighted by atomic mass is 9.94. The van der Waals surface area contributed by atoms with Crippen molar-refractivity contribution in [2.45, 2.75) is 63.3 Å². The van der Waals surface area contributed by atoms with Crippen LogP contribution in [-0.2, 0) is 14.3 Å². The van der Waals surface area contributed by atoms with Gasteiger partial charge in [0.1, 0.15) is 11.0 Å². The van der Waals surface area contributed by atoms with Crippen LogP contribution in [0.4, 0.5) is 0 Å². The van der Waals surface area contributed by atoms with Crippen molar-refractivity contribution in [1.29, 1.82) is 0 Å². The first-order valence-corrected chi connectivity index (χ1v) is 18.5. The van der Waals surface area contributed by atoms with Gasteiger partial charge in [-0.1, -0.05) is 118 Å². The third kappa shape index (κ3) is 7.05. The molecule has 230 valence electrons. The third-order valence-electron chi connectivity index (χ3n) is 8.46. The quantitative estimate of drug-likeness (QED) is 0.195. The van der Waals surface area contributed by atoms with E-state index in [2.05, 4.69) is 45.0 Å². The minimum absolute atomic E-state index is 0.0454. The van der Waals surface area contributed by atoms with Gasteiger partial charge in [0.2, 0.25) is 0 Å².